The van der Waals surface area contributed by atoms with E-state index in [2.05, 4.69) is 47.7 Å². The molecule has 4 heteroatoms. The van der Waals surface area contributed by atoms with Gasteiger partial charge in [-0.1, -0.05) is 40.7 Å². The van der Waals surface area contributed by atoms with Gasteiger partial charge in [-0.05, 0) is 43.3 Å². The van der Waals surface area contributed by atoms with E-state index in [1.165, 1.54) is 6.08 Å². The third-order valence-corrected chi connectivity index (χ3v) is 8.80. The van der Waals surface area contributed by atoms with Crippen molar-refractivity contribution in [1.29, 1.82) is 0 Å². The lowest BCUT2D eigenvalue weighted by Crippen LogP contribution is -2.41. The maximum atomic E-state index is 11.3. The first kappa shape index (κ1) is 20.4. The molecule has 0 aromatic rings. The van der Waals surface area contributed by atoms with E-state index >= 15 is 0 Å². The summed E-state index contributed by atoms with van der Waals surface area (Å²) in [6, 6.07) is 0. The number of allylic oxidation sites excluding steroid dienone is 1. The highest BCUT2D eigenvalue weighted by molar-refractivity contribution is 6.74. The van der Waals surface area contributed by atoms with E-state index in [0.717, 1.165) is 19.4 Å². The van der Waals surface area contributed by atoms with Gasteiger partial charge in [0, 0.05) is 12.7 Å². The molecular weight excluding hydrogens is 280 g/mol. The SMILES string of the molecule is CCOC(=O)/C=C/CC(C)(C)CCO[Si](C)(C)C(C)(C)C. The molecule has 0 spiro atoms. The summed E-state index contributed by atoms with van der Waals surface area (Å²) < 4.78 is 11.1. The maximum absolute atomic E-state index is 11.3. The van der Waals surface area contributed by atoms with Gasteiger partial charge < -0.3 is 9.16 Å². The summed E-state index contributed by atoms with van der Waals surface area (Å²) in [5.41, 5.74) is 0.130. The number of hydrogen-bond donors (Lipinski definition) is 0. The number of rotatable bonds is 8. The van der Waals surface area contributed by atoms with Gasteiger partial charge >= 0.3 is 5.97 Å². The third-order valence-electron chi connectivity index (χ3n) is 4.26. The molecule has 0 unspecified atom stereocenters. The van der Waals surface area contributed by atoms with Gasteiger partial charge in [0.05, 0.1) is 6.61 Å². The Labute approximate surface area is 132 Å². The molecule has 0 aromatic heterocycles. The average molecular weight is 315 g/mol. The Morgan fingerprint density at radius 2 is 1.71 bits per heavy atom. The van der Waals surface area contributed by atoms with Crippen molar-refractivity contribution in [3.63, 3.8) is 0 Å². The van der Waals surface area contributed by atoms with Crippen LogP contribution in [0.3, 0.4) is 0 Å². The molecule has 0 fully saturated rings. The summed E-state index contributed by atoms with van der Waals surface area (Å²) in [5.74, 6) is -0.258. The zero-order chi connectivity index (χ0) is 16.7. The van der Waals surface area contributed by atoms with E-state index < -0.39 is 8.32 Å². The van der Waals surface area contributed by atoms with Crippen LogP contribution >= 0.6 is 0 Å². The molecule has 0 heterocycles. The van der Waals surface area contributed by atoms with E-state index in [1.807, 2.05) is 13.0 Å². The molecule has 0 rings (SSSR count). The van der Waals surface area contributed by atoms with Crippen molar-refractivity contribution >= 4 is 14.3 Å². The normalized spacial score (nSPS) is 13.7. The minimum absolute atomic E-state index is 0.130. The highest BCUT2D eigenvalue weighted by Gasteiger charge is 2.37. The molecule has 0 aliphatic rings. The summed E-state index contributed by atoms with van der Waals surface area (Å²) in [4.78, 5) is 11.3. The van der Waals surface area contributed by atoms with Gasteiger partial charge in [0.15, 0.2) is 8.32 Å². The van der Waals surface area contributed by atoms with Gasteiger partial charge in [-0.3, -0.25) is 0 Å². The van der Waals surface area contributed by atoms with Gasteiger partial charge in [-0.15, -0.1) is 0 Å². The number of esters is 1. The number of ether oxygens (including phenoxy) is 1. The number of hydrogen-bond acceptors (Lipinski definition) is 3. The van der Waals surface area contributed by atoms with Crippen molar-refractivity contribution in [2.24, 2.45) is 5.41 Å². The fraction of sp³-hybridized carbons (Fsp3) is 0.824. The summed E-state index contributed by atoms with van der Waals surface area (Å²) in [7, 11) is -1.66. The van der Waals surface area contributed by atoms with Gasteiger partial charge in [-0.25, -0.2) is 4.79 Å². The quantitative estimate of drug-likeness (QED) is 0.362. The molecule has 0 amide bonds. The van der Waals surface area contributed by atoms with Crippen molar-refractivity contribution in [3.05, 3.63) is 12.2 Å². The summed E-state index contributed by atoms with van der Waals surface area (Å²) in [6.07, 6.45) is 5.28. The van der Waals surface area contributed by atoms with Crippen LogP contribution in [0.4, 0.5) is 0 Å². The summed E-state index contributed by atoms with van der Waals surface area (Å²) in [5, 5.41) is 0.251. The van der Waals surface area contributed by atoms with Crippen LogP contribution in [-0.2, 0) is 14.0 Å². The Kier molecular flexibility index (Phi) is 7.90. The van der Waals surface area contributed by atoms with Crippen LogP contribution in [0.15, 0.2) is 12.2 Å². The molecule has 0 saturated heterocycles. The first-order valence-electron chi connectivity index (χ1n) is 7.88. The molecule has 0 radical (unpaired) electrons. The fourth-order valence-electron chi connectivity index (χ4n) is 1.57. The van der Waals surface area contributed by atoms with Gasteiger partial charge in [0.25, 0.3) is 0 Å². The highest BCUT2D eigenvalue weighted by atomic mass is 28.4. The monoisotopic (exact) mass is 314 g/mol. The van der Waals surface area contributed by atoms with E-state index in [4.69, 9.17) is 9.16 Å². The molecular formula is C17H34O3Si. The molecule has 0 aliphatic heterocycles. The van der Waals surface area contributed by atoms with Crippen LogP contribution in [-0.4, -0.2) is 27.5 Å². The fourth-order valence-corrected chi connectivity index (χ4v) is 2.61. The van der Waals surface area contributed by atoms with Crippen molar-refractivity contribution in [2.75, 3.05) is 13.2 Å². The molecule has 3 nitrogen and oxygen atoms in total. The zero-order valence-electron chi connectivity index (χ0n) is 15.2. The molecule has 21 heavy (non-hydrogen) atoms. The number of carbonyl (C=O) groups excluding carboxylic acids is 1. The lowest BCUT2D eigenvalue weighted by molar-refractivity contribution is -0.137. The standard InChI is InChI=1S/C17H34O3Si/c1-9-19-15(18)11-10-12-17(5,6)13-14-20-21(7,8)16(2,3)4/h10-11H,9,12-14H2,1-8H3/b11-10+. The Hall–Kier alpha value is -0.613. The molecule has 0 aromatic carbocycles. The minimum Gasteiger partial charge on any atom is -0.463 e. The summed E-state index contributed by atoms with van der Waals surface area (Å²) in [6.45, 7) is 18.8. The molecule has 0 atom stereocenters. The molecule has 0 saturated carbocycles. The third kappa shape index (κ3) is 8.42. The van der Waals surface area contributed by atoms with E-state index in [1.54, 1.807) is 0 Å². The molecule has 0 bridgehead atoms. The first-order chi connectivity index (χ1) is 9.41. The lowest BCUT2D eigenvalue weighted by Gasteiger charge is -2.37. The predicted molar refractivity (Wildman–Crippen MR) is 91.9 cm³/mol. The Balaban J connectivity index is 4.23. The number of carbonyl (C=O) groups is 1. The largest absolute Gasteiger partial charge is 0.463 e. The Morgan fingerprint density at radius 3 is 2.19 bits per heavy atom. The second-order valence-electron chi connectivity index (χ2n) is 7.88. The molecule has 0 N–H and O–H groups in total. The molecule has 0 aliphatic carbocycles. The highest BCUT2D eigenvalue weighted by Crippen LogP contribution is 2.37. The Morgan fingerprint density at radius 1 is 1.14 bits per heavy atom. The topological polar surface area (TPSA) is 35.5 Å². The Bertz CT molecular complexity index is 352. The zero-order valence-corrected chi connectivity index (χ0v) is 16.2. The minimum atomic E-state index is -1.66. The van der Waals surface area contributed by atoms with Crippen LogP contribution in [0.2, 0.25) is 18.1 Å². The summed E-state index contributed by atoms with van der Waals surface area (Å²) >= 11 is 0. The predicted octanol–water partition coefficient (Wildman–Crippen LogP) is 4.93. The van der Waals surface area contributed by atoms with Crippen LogP contribution in [0, 0.1) is 5.41 Å². The first-order valence-corrected chi connectivity index (χ1v) is 10.8. The average Bonchev–Trinajstić information content (AvgIpc) is 2.26. The second kappa shape index (κ2) is 8.13. The second-order valence-corrected chi connectivity index (χ2v) is 12.7. The van der Waals surface area contributed by atoms with Crippen LogP contribution < -0.4 is 0 Å². The molecule has 124 valence electrons. The smallest absolute Gasteiger partial charge is 0.330 e. The van der Waals surface area contributed by atoms with Crippen LogP contribution in [0.25, 0.3) is 0 Å². The van der Waals surface area contributed by atoms with Gasteiger partial charge in [-0.2, -0.15) is 0 Å². The van der Waals surface area contributed by atoms with E-state index in [-0.39, 0.29) is 16.4 Å². The van der Waals surface area contributed by atoms with Crippen molar-refractivity contribution in [1.82, 2.24) is 0 Å². The van der Waals surface area contributed by atoms with Crippen LogP contribution in [0.5, 0.6) is 0 Å². The van der Waals surface area contributed by atoms with Gasteiger partial charge in [0.2, 0.25) is 0 Å². The van der Waals surface area contributed by atoms with Crippen molar-refractivity contribution < 1.29 is 14.0 Å². The van der Waals surface area contributed by atoms with Crippen molar-refractivity contribution in [3.8, 4) is 0 Å². The maximum Gasteiger partial charge on any atom is 0.330 e. The lowest BCUT2D eigenvalue weighted by atomic mass is 9.86. The van der Waals surface area contributed by atoms with Crippen LogP contribution in [0.1, 0.15) is 54.4 Å². The van der Waals surface area contributed by atoms with Gasteiger partial charge in [0.1, 0.15) is 0 Å². The van der Waals surface area contributed by atoms with E-state index in [0.29, 0.717) is 6.61 Å². The van der Waals surface area contributed by atoms with Crippen molar-refractivity contribution in [2.45, 2.75) is 72.5 Å². The van der Waals surface area contributed by atoms with E-state index in [9.17, 15) is 4.79 Å².